The summed E-state index contributed by atoms with van der Waals surface area (Å²) in [7, 11) is 0. The number of piperidine rings is 1. The van der Waals surface area contributed by atoms with E-state index in [9.17, 15) is 4.79 Å². The van der Waals surface area contributed by atoms with Crippen LogP contribution in [0.3, 0.4) is 0 Å². The predicted molar refractivity (Wildman–Crippen MR) is 107 cm³/mol. The maximum absolute atomic E-state index is 12.8. The lowest BCUT2D eigenvalue weighted by Gasteiger charge is -2.30. The number of nitrogens with zero attached hydrogens (tertiary/aromatic N) is 2. The summed E-state index contributed by atoms with van der Waals surface area (Å²) in [6.45, 7) is 10.5. The summed E-state index contributed by atoms with van der Waals surface area (Å²) in [4.78, 5) is 19.1. The fourth-order valence-corrected chi connectivity index (χ4v) is 3.56. The van der Waals surface area contributed by atoms with Gasteiger partial charge in [-0.2, -0.15) is 0 Å². The number of likely N-dealkylation sites (tertiary alicyclic amines) is 1. The standard InChI is InChI=1S/C22H29N3O/c1-16-8-7-13-25(15-16)21(26)20-14-17(11-12-23-20)24-19-10-6-5-9-18(19)22(2,3)4/h5-6,9-12,14,16H,7-8,13,15H2,1-4H3,(H,23,24). The van der Waals surface area contributed by atoms with Crippen molar-refractivity contribution in [2.75, 3.05) is 18.4 Å². The van der Waals surface area contributed by atoms with Crippen LogP contribution >= 0.6 is 0 Å². The van der Waals surface area contributed by atoms with Crippen molar-refractivity contribution in [2.24, 2.45) is 5.92 Å². The van der Waals surface area contributed by atoms with Crippen LogP contribution in [0.5, 0.6) is 0 Å². The van der Waals surface area contributed by atoms with Crippen LogP contribution in [0, 0.1) is 5.92 Å². The predicted octanol–water partition coefficient (Wildman–Crippen LogP) is 4.99. The van der Waals surface area contributed by atoms with Gasteiger partial charge in [-0.1, -0.05) is 45.9 Å². The Morgan fingerprint density at radius 3 is 2.73 bits per heavy atom. The third-order valence-corrected chi connectivity index (χ3v) is 4.94. The zero-order valence-electron chi connectivity index (χ0n) is 16.2. The molecule has 0 radical (unpaired) electrons. The van der Waals surface area contributed by atoms with Crippen molar-refractivity contribution in [2.45, 2.75) is 46.0 Å². The molecule has 2 aromatic rings. The molecule has 0 aliphatic carbocycles. The molecule has 1 aliphatic rings. The van der Waals surface area contributed by atoms with Crippen LogP contribution in [0.2, 0.25) is 0 Å². The molecule has 2 heterocycles. The fraction of sp³-hybridized carbons (Fsp3) is 0.455. The molecule has 4 heteroatoms. The maximum Gasteiger partial charge on any atom is 0.272 e. The zero-order chi connectivity index (χ0) is 18.7. The summed E-state index contributed by atoms with van der Waals surface area (Å²) in [5.41, 5.74) is 3.76. The first kappa shape index (κ1) is 18.4. The van der Waals surface area contributed by atoms with Gasteiger partial charge in [-0.3, -0.25) is 9.78 Å². The van der Waals surface area contributed by atoms with E-state index in [-0.39, 0.29) is 11.3 Å². The third kappa shape index (κ3) is 4.24. The molecule has 0 bridgehead atoms. The number of carbonyl (C=O) groups is 1. The number of nitrogens with one attached hydrogen (secondary N) is 1. The van der Waals surface area contributed by atoms with Crippen LogP contribution in [-0.2, 0) is 5.41 Å². The first-order valence-corrected chi connectivity index (χ1v) is 9.46. The van der Waals surface area contributed by atoms with E-state index in [1.54, 1.807) is 6.20 Å². The highest BCUT2D eigenvalue weighted by Crippen LogP contribution is 2.31. The molecule has 1 fully saturated rings. The van der Waals surface area contributed by atoms with Crippen molar-refractivity contribution in [3.05, 3.63) is 53.9 Å². The van der Waals surface area contributed by atoms with Gasteiger partial charge in [0.1, 0.15) is 5.69 Å². The summed E-state index contributed by atoms with van der Waals surface area (Å²) in [6, 6.07) is 12.1. The lowest BCUT2D eigenvalue weighted by Crippen LogP contribution is -2.39. The van der Waals surface area contributed by atoms with Gasteiger partial charge in [0.15, 0.2) is 0 Å². The molecule has 3 rings (SSSR count). The molecular weight excluding hydrogens is 322 g/mol. The SMILES string of the molecule is CC1CCCN(C(=O)c2cc(Nc3ccccc3C(C)(C)C)ccn2)C1. The van der Waals surface area contributed by atoms with Crippen molar-refractivity contribution < 1.29 is 4.79 Å². The van der Waals surface area contributed by atoms with Gasteiger partial charge in [0.2, 0.25) is 0 Å². The first-order valence-electron chi connectivity index (χ1n) is 9.46. The lowest BCUT2D eigenvalue weighted by molar-refractivity contribution is 0.0677. The van der Waals surface area contributed by atoms with E-state index in [4.69, 9.17) is 0 Å². The number of rotatable bonds is 3. The molecule has 1 saturated heterocycles. The van der Waals surface area contributed by atoms with Crippen molar-refractivity contribution in [1.29, 1.82) is 0 Å². The minimum atomic E-state index is 0.0318. The van der Waals surface area contributed by atoms with E-state index >= 15 is 0 Å². The number of carbonyl (C=O) groups excluding carboxylic acids is 1. The maximum atomic E-state index is 12.8. The Morgan fingerprint density at radius 1 is 1.23 bits per heavy atom. The quantitative estimate of drug-likeness (QED) is 0.847. The molecule has 138 valence electrons. The topological polar surface area (TPSA) is 45.2 Å². The van der Waals surface area contributed by atoms with Crippen LogP contribution in [0.4, 0.5) is 11.4 Å². The molecule has 1 aromatic heterocycles. The number of hydrogen-bond acceptors (Lipinski definition) is 3. The average Bonchev–Trinajstić information content (AvgIpc) is 2.61. The van der Waals surface area contributed by atoms with Crippen molar-refractivity contribution in [3.8, 4) is 0 Å². The zero-order valence-corrected chi connectivity index (χ0v) is 16.2. The summed E-state index contributed by atoms with van der Waals surface area (Å²) < 4.78 is 0. The third-order valence-electron chi connectivity index (χ3n) is 4.94. The van der Waals surface area contributed by atoms with Crippen molar-refractivity contribution >= 4 is 17.3 Å². The van der Waals surface area contributed by atoms with Gasteiger partial charge in [0.25, 0.3) is 5.91 Å². The van der Waals surface area contributed by atoms with Gasteiger partial charge in [0, 0.05) is 30.7 Å². The Balaban J connectivity index is 1.81. The summed E-state index contributed by atoms with van der Waals surface area (Å²) in [6.07, 6.45) is 3.98. The number of amides is 1. The molecular formula is C22H29N3O. The highest BCUT2D eigenvalue weighted by Gasteiger charge is 2.23. The molecule has 1 atom stereocenters. The second kappa shape index (κ2) is 7.48. The van der Waals surface area contributed by atoms with E-state index in [1.807, 2.05) is 23.1 Å². The minimum absolute atomic E-state index is 0.0318. The molecule has 26 heavy (non-hydrogen) atoms. The second-order valence-corrected chi connectivity index (χ2v) is 8.35. The molecule has 1 amide bonds. The minimum Gasteiger partial charge on any atom is -0.355 e. The van der Waals surface area contributed by atoms with Crippen LogP contribution in [0.15, 0.2) is 42.6 Å². The monoisotopic (exact) mass is 351 g/mol. The molecule has 4 nitrogen and oxygen atoms in total. The van der Waals surface area contributed by atoms with Crippen molar-refractivity contribution in [1.82, 2.24) is 9.88 Å². The van der Waals surface area contributed by atoms with Gasteiger partial charge in [-0.15, -0.1) is 0 Å². The number of benzene rings is 1. The Hall–Kier alpha value is -2.36. The number of para-hydroxylation sites is 1. The van der Waals surface area contributed by atoms with E-state index in [0.717, 1.165) is 30.9 Å². The Bertz CT molecular complexity index is 779. The fourth-order valence-electron chi connectivity index (χ4n) is 3.56. The number of anilines is 2. The molecule has 1 aliphatic heterocycles. The van der Waals surface area contributed by atoms with E-state index in [1.165, 1.54) is 12.0 Å². The van der Waals surface area contributed by atoms with Gasteiger partial charge < -0.3 is 10.2 Å². The van der Waals surface area contributed by atoms with Gasteiger partial charge in [-0.25, -0.2) is 0 Å². The van der Waals surface area contributed by atoms with Crippen molar-refractivity contribution in [3.63, 3.8) is 0 Å². The molecule has 1 unspecified atom stereocenters. The lowest BCUT2D eigenvalue weighted by atomic mass is 9.86. The van der Waals surface area contributed by atoms with Crippen LogP contribution in [0.1, 0.15) is 56.6 Å². The molecule has 0 saturated carbocycles. The van der Waals surface area contributed by atoms with Crippen LogP contribution in [0.25, 0.3) is 0 Å². The van der Waals surface area contributed by atoms with Gasteiger partial charge in [0.05, 0.1) is 0 Å². The van der Waals surface area contributed by atoms with E-state index in [2.05, 4.69) is 56.2 Å². The summed E-state index contributed by atoms with van der Waals surface area (Å²) in [5.74, 6) is 0.594. The highest BCUT2D eigenvalue weighted by atomic mass is 16.2. The summed E-state index contributed by atoms with van der Waals surface area (Å²) >= 11 is 0. The smallest absolute Gasteiger partial charge is 0.272 e. The second-order valence-electron chi connectivity index (χ2n) is 8.35. The van der Waals surface area contributed by atoms with Gasteiger partial charge in [-0.05, 0) is 47.9 Å². The van der Waals surface area contributed by atoms with Crippen LogP contribution in [-0.4, -0.2) is 28.9 Å². The highest BCUT2D eigenvalue weighted by molar-refractivity contribution is 5.93. The summed E-state index contributed by atoms with van der Waals surface area (Å²) in [5, 5.41) is 3.48. The van der Waals surface area contributed by atoms with Gasteiger partial charge >= 0.3 is 0 Å². The largest absolute Gasteiger partial charge is 0.355 e. The average molecular weight is 351 g/mol. The normalized spacial score (nSPS) is 17.8. The Kier molecular flexibility index (Phi) is 5.30. The molecule has 1 N–H and O–H groups in total. The Labute approximate surface area is 156 Å². The van der Waals surface area contributed by atoms with Crippen LogP contribution < -0.4 is 5.32 Å². The number of aromatic nitrogens is 1. The molecule has 1 aromatic carbocycles. The number of hydrogen-bond donors (Lipinski definition) is 1. The number of pyridine rings is 1. The van der Waals surface area contributed by atoms with E-state index in [0.29, 0.717) is 11.6 Å². The van der Waals surface area contributed by atoms with E-state index < -0.39 is 0 Å². The Morgan fingerprint density at radius 2 is 2.00 bits per heavy atom. The first-order chi connectivity index (χ1) is 12.3. The molecule has 0 spiro atoms.